The summed E-state index contributed by atoms with van der Waals surface area (Å²) in [5.41, 5.74) is -1.31. The van der Waals surface area contributed by atoms with E-state index in [0.29, 0.717) is 0 Å². The quantitative estimate of drug-likeness (QED) is 0.404. The lowest BCUT2D eigenvalue weighted by atomic mass is 10.2. The summed E-state index contributed by atoms with van der Waals surface area (Å²) in [5, 5.41) is 0. The lowest BCUT2D eigenvalue weighted by molar-refractivity contribution is -0.122. The minimum absolute atomic E-state index is 0.185. The molecule has 2 nitrogen and oxygen atoms in total. The van der Waals surface area contributed by atoms with Crippen molar-refractivity contribution in [3.8, 4) is 11.5 Å². The number of alkyl halides is 3. The number of hydrogen-bond acceptors (Lipinski definition) is 3. The van der Waals surface area contributed by atoms with Crippen molar-refractivity contribution in [2.24, 2.45) is 0 Å². The molecular weight excluding hydrogens is 396 g/mol. The van der Waals surface area contributed by atoms with Crippen LogP contribution in [0.15, 0.2) is 69.6 Å². The van der Waals surface area contributed by atoms with Crippen molar-refractivity contribution in [1.29, 1.82) is 0 Å². The molecule has 0 amide bonds. The summed E-state index contributed by atoms with van der Waals surface area (Å²) >= 11 is 12.4. The minimum Gasteiger partial charge on any atom is -0.450 e. The first kappa shape index (κ1) is 19.8. The smallest absolute Gasteiger partial charge is 0.422 e. The SMILES string of the molecule is CSc1ccc(OC(Oc2ccccc2)C(=C(Cl)Cl)C(F)(F)F)cc1. The van der Waals surface area contributed by atoms with Crippen molar-refractivity contribution in [2.75, 3.05) is 6.26 Å². The Morgan fingerprint density at radius 2 is 1.44 bits per heavy atom. The Labute approximate surface area is 157 Å². The van der Waals surface area contributed by atoms with Gasteiger partial charge in [-0.15, -0.1) is 11.8 Å². The van der Waals surface area contributed by atoms with Gasteiger partial charge < -0.3 is 9.47 Å². The number of rotatable bonds is 6. The van der Waals surface area contributed by atoms with Crippen LogP contribution in [0.25, 0.3) is 0 Å². The second kappa shape index (κ2) is 8.74. The Balaban J connectivity index is 2.35. The summed E-state index contributed by atoms with van der Waals surface area (Å²) in [4.78, 5) is 0.940. The second-order valence-corrected chi connectivity index (χ2v) is 6.56. The van der Waals surface area contributed by atoms with Crippen LogP contribution in [-0.2, 0) is 0 Å². The molecule has 134 valence electrons. The maximum Gasteiger partial charge on any atom is 0.422 e. The molecule has 1 atom stereocenters. The summed E-state index contributed by atoms with van der Waals surface area (Å²) in [6.07, 6.45) is -4.79. The molecule has 0 N–H and O–H groups in total. The molecular formula is C17H13Cl2F3O2S. The van der Waals surface area contributed by atoms with E-state index in [0.717, 1.165) is 4.90 Å². The van der Waals surface area contributed by atoms with E-state index in [9.17, 15) is 13.2 Å². The predicted octanol–water partition coefficient (Wildman–Crippen LogP) is 6.44. The van der Waals surface area contributed by atoms with Gasteiger partial charge in [0.05, 0.1) is 0 Å². The number of hydrogen-bond donors (Lipinski definition) is 0. The first-order valence-corrected chi connectivity index (χ1v) is 8.94. The molecule has 0 heterocycles. The fourth-order valence-electron chi connectivity index (χ4n) is 1.87. The molecule has 0 spiro atoms. The first-order valence-electron chi connectivity index (χ1n) is 6.96. The van der Waals surface area contributed by atoms with Crippen LogP contribution in [0.3, 0.4) is 0 Å². The van der Waals surface area contributed by atoms with E-state index in [1.165, 1.54) is 23.9 Å². The van der Waals surface area contributed by atoms with Gasteiger partial charge in [0, 0.05) is 4.90 Å². The monoisotopic (exact) mass is 408 g/mol. The molecule has 0 aromatic heterocycles. The van der Waals surface area contributed by atoms with E-state index in [1.807, 2.05) is 6.26 Å². The summed E-state index contributed by atoms with van der Waals surface area (Å²) < 4.78 is 49.8. The largest absolute Gasteiger partial charge is 0.450 e. The van der Waals surface area contributed by atoms with Gasteiger partial charge in [0.2, 0.25) is 0 Å². The van der Waals surface area contributed by atoms with Crippen LogP contribution in [0.5, 0.6) is 11.5 Å². The van der Waals surface area contributed by atoms with Crippen LogP contribution < -0.4 is 9.47 Å². The van der Waals surface area contributed by atoms with Crippen molar-refractivity contribution in [3.05, 3.63) is 64.7 Å². The maximum atomic E-state index is 13.4. The zero-order chi connectivity index (χ0) is 18.4. The van der Waals surface area contributed by atoms with Crippen molar-refractivity contribution in [1.82, 2.24) is 0 Å². The molecule has 0 aliphatic rings. The van der Waals surface area contributed by atoms with Gasteiger partial charge in [0.15, 0.2) is 0 Å². The Morgan fingerprint density at radius 3 is 1.88 bits per heavy atom. The molecule has 2 aromatic rings. The third kappa shape index (κ3) is 5.76. The minimum atomic E-state index is -4.82. The number of halogens is 5. The molecule has 8 heteroatoms. The van der Waals surface area contributed by atoms with Gasteiger partial charge in [-0.1, -0.05) is 41.4 Å². The zero-order valence-electron chi connectivity index (χ0n) is 12.9. The first-order chi connectivity index (χ1) is 11.8. The van der Waals surface area contributed by atoms with Crippen molar-refractivity contribution < 1.29 is 22.6 Å². The topological polar surface area (TPSA) is 18.5 Å². The molecule has 0 radical (unpaired) electrons. The number of para-hydroxylation sites is 1. The highest BCUT2D eigenvalue weighted by Gasteiger charge is 2.44. The maximum absolute atomic E-state index is 13.4. The molecule has 0 aliphatic heterocycles. The average Bonchev–Trinajstić information content (AvgIpc) is 2.55. The summed E-state index contributed by atoms with van der Waals surface area (Å²) in [6.45, 7) is 0. The molecule has 0 bridgehead atoms. The summed E-state index contributed by atoms with van der Waals surface area (Å²) in [6, 6.07) is 14.5. The second-order valence-electron chi connectivity index (χ2n) is 4.73. The third-order valence-corrected chi connectivity index (χ3v) is 4.18. The van der Waals surface area contributed by atoms with Gasteiger partial charge in [0.25, 0.3) is 6.29 Å². The van der Waals surface area contributed by atoms with Gasteiger partial charge in [0.1, 0.15) is 21.6 Å². The average molecular weight is 409 g/mol. The van der Waals surface area contributed by atoms with Crippen molar-refractivity contribution in [2.45, 2.75) is 17.4 Å². The van der Waals surface area contributed by atoms with Gasteiger partial charge in [-0.2, -0.15) is 13.2 Å². The van der Waals surface area contributed by atoms with E-state index >= 15 is 0 Å². The summed E-state index contributed by atoms with van der Waals surface area (Å²) in [7, 11) is 0. The molecule has 0 aliphatic carbocycles. The van der Waals surface area contributed by atoms with Crippen LogP contribution in [0, 0.1) is 0 Å². The number of thioether (sulfide) groups is 1. The normalized spacial score (nSPS) is 12.4. The van der Waals surface area contributed by atoms with Crippen LogP contribution in [0.4, 0.5) is 13.2 Å². The predicted molar refractivity (Wildman–Crippen MR) is 94.5 cm³/mol. The van der Waals surface area contributed by atoms with E-state index in [2.05, 4.69) is 0 Å². The van der Waals surface area contributed by atoms with E-state index in [-0.39, 0.29) is 11.5 Å². The van der Waals surface area contributed by atoms with Gasteiger partial charge in [-0.05, 0) is 42.7 Å². The molecule has 2 aromatic carbocycles. The van der Waals surface area contributed by atoms with Crippen LogP contribution in [-0.4, -0.2) is 18.7 Å². The number of ether oxygens (including phenoxy) is 2. The molecule has 0 saturated carbocycles. The Morgan fingerprint density at radius 1 is 0.920 bits per heavy atom. The molecule has 2 rings (SSSR count). The molecule has 0 fully saturated rings. The van der Waals surface area contributed by atoms with Crippen LogP contribution in [0.2, 0.25) is 0 Å². The van der Waals surface area contributed by atoms with Gasteiger partial charge >= 0.3 is 6.18 Å². The van der Waals surface area contributed by atoms with Gasteiger partial charge in [-0.3, -0.25) is 0 Å². The van der Waals surface area contributed by atoms with Gasteiger partial charge in [-0.25, -0.2) is 0 Å². The van der Waals surface area contributed by atoms with Crippen LogP contribution in [0.1, 0.15) is 0 Å². The Bertz CT molecular complexity index is 715. The number of benzene rings is 2. The molecule has 25 heavy (non-hydrogen) atoms. The van der Waals surface area contributed by atoms with Crippen molar-refractivity contribution >= 4 is 35.0 Å². The fraction of sp³-hybridized carbons (Fsp3) is 0.176. The van der Waals surface area contributed by atoms with Crippen LogP contribution >= 0.6 is 35.0 Å². The van der Waals surface area contributed by atoms with E-state index in [1.54, 1.807) is 42.5 Å². The highest BCUT2D eigenvalue weighted by atomic mass is 35.5. The Kier molecular flexibility index (Phi) is 6.93. The molecule has 1 unspecified atom stereocenters. The van der Waals surface area contributed by atoms with E-state index in [4.69, 9.17) is 32.7 Å². The third-order valence-electron chi connectivity index (χ3n) is 3.03. The standard InChI is InChI=1S/C17H13Cl2F3O2S/c1-25-13-9-7-12(8-10-13)24-16(14(15(18)19)17(20,21)22)23-11-5-3-2-4-6-11/h2-10,16H,1H3. The van der Waals surface area contributed by atoms with E-state index < -0.39 is 22.5 Å². The fourth-order valence-corrected chi connectivity index (χ4v) is 2.67. The zero-order valence-corrected chi connectivity index (χ0v) is 15.2. The highest BCUT2D eigenvalue weighted by molar-refractivity contribution is 7.98. The lowest BCUT2D eigenvalue weighted by Crippen LogP contribution is -2.34. The lowest BCUT2D eigenvalue weighted by Gasteiger charge is -2.24. The Hall–Kier alpha value is -1.50. The molecule has 0 saturated heterocycles. The highest BCUT2D eigenvalue weighted by Crippen LogP contribution is 2.36. The summed E-state index contributed by atoms with van der Waals surface area (Å²) in [5.74, 6) is 0.375. The van der Waals surface area contributed by atoms with Crippen molar-refractivity contribution in [3.63, 3.8) is 0 Å².